The fourth-order valence-corrected chi connectivity index (χ4v) is 3.66. The van der Waals surface area contributed by atoms with Gasteiger partial charge in [-0.1, -0.05) is 25.5 Å². The molecule has 0 aliphatic carbocycles. The number of hydrogen-bond acceptors (Lipinski definition) is 5. The maximum atomic E-state index is 9.61. The van der Waals surface area contributed by atoms with Gasteiger partial charge in [0, 0.05) is 10.4 Å². The van der Waals surface area contributed by atoms with E-state index < -0.39 is 0 Å². The Morgan fingerprint density at radius 1 is 1.17 bits per heavy atom. The Morgan fingerprint density at radius 3 is 2.52 bits per heavy atom. The van der Waals surface area contributed by atoms with E-state index in [0.717, 1.165) is 33.9 Å². The van der Waals surface area contributed by atoms with Crippen LogP contribution in [-0.4, -0.2) is 11.6 Å². The minimum absolute atomic E-state index is 0.440. The lowest BCUT2D eigenvalue weighted by molar-refractivity contribution is 0.297. The van der Waals surface area contributed by atoms with Gasteiger partial charge in [-0.25, -0.2) is 4.98 Å². The fourth-order valence-electron chi connectivity index (χ4n) is 2.22. The van der Waals surface area contributed by atoms with E-state index in [1.807, 2.05) is 41.1 Å². The molecule has 0 amide bonds. The van der Waals surface area contributed by atoms with E-state index in [0.29, 0.717) is 18.1 Å². The topological polar surface area (TPSA) is 45.9 Å². The van der Waals surface area contributed by atoms with Crippen molar-refractivity contribution in [1.82, 2.24) is 4.98 Å². The van der Waals surface area contributed by atoms with Gasteiger partial charge in [-0.15, -0.1) is 22.7 Å². The molecule has 3 nitrogen and oxygen atoms in total. The van der Waals surface area contributed by atoms with Crippen molar-refractivity contribution in [3.63, 3.8) is 0 Å². The fraction of sp³-hybridized carbons (Fsp3) is 0.222. The standard InChI is InChI=1S/C18H16N2OS2/c1-2-3-8-21-18-14(12-19)13(16-6-4-9-22-16)11-15(20-18)17-7-5-10-23-17/h4-7,9-11H,2-3,8H2,1H3. The van der Waals surface area contributed by atoms with Crippen LogP contribution in [-0.2, 0) is 0 Å². The van der Waals surface area contributed by atoms with E-state index in [1.165, 1.54) is 0 Å². The number of thiophene rings is 2. The van der Waals surface area contributed by atoms with Crippen LogP contribution >= 0.6 is 22.7 Å². The first-order chi connectivity index (χ1) is 11.3. The lowest BCUT2D eigenvalue weighted by Gasteiger charge is -2.11. The van der Waals surface area contributed by atoms with Gasteiger partial charge in [-0.05, 0) is 35.4 Å². The summed E-state index contributed by atoms with van der Waals surface area (Å²) in [7, 11) is 0. The van der Waals surface area contributed by atoms with Crippen LogP contribution < -0.4 is 4.74 Å². The third-order valence-electron chi connectivity index (χ3n) is 3.39. The Balaban J connectivity index is 2.11. The molecule has 0 aliphatic heterocycles. The maximum absolute atomic E-state index is 9.61. The van der Waals surface area contributed by atoms with Crippen molar-refractivity contribution in [2.45, 2.75) is 19.8 Å². The third kappa shape index (κ3) is 3.44. The highest BCUT2D eigenvalue weighted by molar-refractivity contribution is 7.14. The van der Waals surface area contributed by atoms with Crippen LogP contribution in [0.4, 0.5) is 0 Å². The Bertz CT molecular complexity index is 802. The Hall–Kier alpha value is -2.16. The molecular formula is C18H16N2OS2. The minimum Gasteiger partial charge on any atom is -0.477 e. The molecule has 0 aliphatic rings. The van der Waals surface area contributed by atoms with Crippen LogP contribution in [0.15, 0.2) is 41.1 Å². The number of rotatable bonds is 6. The summed E-state index contributed by atoms with van der Waals surface area (Å²) in [6.07, 6.45) is 1.99. The number of aromatic nitrogens is 1. The average Bonchev–Trinajstić information content (AvgIpc) is 3.27. The predicted octanol–water partition coefficient (Wildman–Crippen LogP) is 5.59. The lowest BCUT2D eigenvalue weighted by atomic mass is 10.1. The molecule has 3 heterocycles. The molecule has 5 heteroatoms. The molecule has 0 spiro atoms. The van der Waals surface area contributed by atoms with Gasteiger partial charge in [0.1, 0.15) is 11.6 Å². The van der Waals surface area contributed by atoms with E-state index in [1.54, 1.807) is 22.7 Å². The van der Waals surface area contributed by atoms with E-state index in [-0.39, 0.29) is 0 Å². The van der Waals surface area contributed by atoms with Crippen LogP contribution in [0.2, 0.25) is 0 Å². The molecule has 23 heavy (non-hydrogen) atoms. The largest absolute Gasteiger partial charge is 0.477 e. The normalized spacial score (nSPS) is 10.4. The van der Waals surface area contributed by atoms with E-state index in [9.17, 15) is 5.26 Å². The molecule has 3 aromatic heterocycles. The first kappa shape index (κ1) is 15.7. The zero-order valence-electron chi connectivity index (χ0n) is 12.8. The molecule has 0 radical (unpaired) electrons. The molecule has 0 fully saturated rings. The van der Waals surface area contributed by atoms with Crippen molar-refractivity contribution in [2.24, 2.45) is 0 Å². The highest BCUT2D eigenvalue weighted by Gasteiger charge is 2.17. The molecule has 0 bridgehead atoms. The molecule has 0 aromatic carbocycles. The van der Waals surface area contributed by atoms with E-state index >= 15 is 0 Å². The van der Waals surface area contributed by atoms with Gasteiger partial charge >= 0.3 is 0 Å². The van der Waals surface area contributed by atoms with Crippen molar-refractivity contribution in [2.75, 3.05) is 6.61 Å². The smallest absolute Gasteiger partial charge is 0.232 e. The molecular weight excluding hydrogens is 324 g/mol. The molecule has 0 saturated heterocycles. The molecule has 116 valence electrons. The molecule has 3 aromatic rings. The second-order valence-electron chi connectivity index (χ2n) is 5.00. The summed E-state index contributed by atoms with van der Waals surface area (Å²) in [5.74, 6) is 0.440. The maximum Gasteiger partial charge on any atom is 0.232 e. The highest BCUT2D eigenvalue weighted by atomic mass is 32.1. The summed E-state index contributed by atoms with van der Waals surface area (Å²) in [5, 5.41) is 13.7. The first-order valence-corrected chi connectivity index (χ1v) is 9.25. The van der Waals surface area contributed by atoms with Crippen molar-refractivity contribution in [3.05, 3.63) is 46.7 Å². The average molecular weight is 340 g/mol. The van der Waals surface area contributed by atoms with Gasteiger partial charge in [0.2, 0.25) is 5.88 Å². The zero-order valence-corrected chi connectivity index (χ0v) is 14.4. The monoisotopic (exact) mass is 340 g/mol. The van der Waals surface area contributed by atoms with E-state index in [2.05, 4.69) is 18.0 Å². The number of unbranched alkanes of at least 4 members (excludes halogenated alkanes) is 1. The van der Waals surface area contributed by atoms with Gasteiger partial charge in [0.15, 0.2) is 0 Å². The second kappa shape index (κ2) is 7.40. The van der Waals surface area contributed by atoms with Crippen molar-refractivity contribution in [3.8, 4) is 33.0 Å². The molecule has 0 atom stereocenters. The second-order valence-corrected chi connectivity index (χ2v) is 6.90. The van der Waals surface area contributed by atoms with Crippen LogP contribution in [0, 0.1) is 11.3 Å². The molecule has 3 rings (SSSR count). The first-order valence-electron chi connectivity index (χ1n) is 7.49. The van der Waals surface area contributed by atoms with Gasteiger partial charge < -0.3 is 4.74 Å². The number of nitrogens with zero attached hydrogens (tertiary/aromatic N) is 2. The Morgan fingerprint density at radius 2 is 1.91 bits per heavy atom. The number of ether oxygens (including phenoxy) is 1. The number of nitriles is 1. The van der Waals surface area contributed by atoms with E-state index in [4.69, 9.17) is 4.74 Å². The summed E-state index contributed by atoms with van der Waals surface area (Å²) in [6.45, 7) is 2.69. The van der Waals surface area contributed by atoms with Crippen molar-refractivity contribution in [1.29, 1.82) is 5.26 Å². The van der Waals surface area contributed by atoms with Crippen LogP contribution in [0.5, 0.6) is 5.88 Å². The summed E-state index contributed by atoms with van der Waals surface area (Å²) in [5.41, 5.74) is 2.27. The van der Waals surface area contributed by atoms with Gasteiger partial charge in [0.05, 0.1) is 17.2 Å². The quantitative estimate of drug-likeness (QED) is 0.550. The third-order valence-corrected chi connectivity index (χ3v) is 5.19. The Kier molecular flexibility index (Phi) is 5.06. The molecule has 0 unspecified atom stereocenters. The van der Waals surface area contributed by atoms with Crippen molar-refractivity contribution < 1.29 is 4.74 Å². The van der Waals surface area contributed by atoms with Crippen molar-refractivity contribution >= 4 is 22.7 Å². The summed E-state index contributed by atoms with van der Waals surface area (Å²) >= 11 is 3.25. The predicted molar refractivity (Wildman–Crippen MR) is 96.0 cm³/mol. The molecule has 0 N–H and O–H groups in total. The van der Waals surface area contributed by atoms with Gasteiger partial charge in [-0.3, -0.25) is 0 Å². The minimum atomic E-state index is 0.440. The van der Waals surface area contributed by atoms with Crippen LogP contribution in [0.3, 0.4) is 0 Å². The van der Waals surface area contributed by atoms with Crippen LogP contribution in [0.1, 0.15) is 25.3 Å². The summed E-state index contributed by atoms with van der Waals surface area (Å²) < 4.78 is 5.82. The van der Waals surface area contributed by atoms with Gasteiger partial charge in [-0.2, -0.15) is 5.26 Å². The zero-order chi connectivity index (χ0) is 16.1. The Labute approximate surface area is 143 Å². The van der Waals surface area contributed by atoms with Crippen LogP contribution in [0.25, 0.3) is 21.0 Å². The number of pyridine rings is 1. The summed E-state index contributed by atoms with van der Waals surface area (Å²) in [4.78, 5) is 6.73. The molecule has 0 saturated carbocycles. The lowest BCUT2D eigenvalue weighted by Crippen LogP contribution is -2.02. The highest BCUT2D eigenvalue weighted by Crippen LogP contribution is 2.36. The number of hydrogen-bond donors (Lipinski definition) is 0. The summed E-state index contributed by atoms with van der Waals surface area (Å²) in [6, 6.07) is 12.3. The van der Waals surface area contributed by atoms with Gasteiger partial charge in [0.25, 0.3) is 0 Å². The SMILES string of the molecule is CCCCOc1nc(-c2cccs2)cc(-c2cccs2)c1C#N.